The smallest absolute Gasteiger partial charge is 0.229 e. The van der Waals surface area contributed by atoms with Crippen molar-refractivity contribution >= 4 is 38.9 Å². The number of fused-ring (bicyclic) bond motifs is 1. The third-order valence-electron chi connectivity index (χ3n) is 8.25. The molecule has 2 unspecified atom stereocenters. The van der Waals surface area contributed by atoms with E-state index in [9.17, 15) is 33.4 Å². The fourth-order valence-corrected chi connectivity index (χ4v) is 6.63. The number of rotatable bonds is 14. The molecule has 11 heteroatoms. The standard InChI is InChI=1S/C37H37F2N3O5S/c1-22(20-43)33(45)29-19-42(18-28-30(38)9-6-10-31(28)39)37-32(34(29)46)27(17-40-16-15-24-7-4-3-5-8-24)35(48-37)25-11-13-26(14-12-25)41-36(47)23(2)21-44/h3-14,19,22-23,40,43-44H,15-18,20-21H2,1-2H3,(H,41,47). The molecule has 2 aromatic heterocycles. The first kappa shape index (κ1) is 34.8. The van der Waals surface area contributed by atoms with E-state index in [0.29, 0.717) is 27.5 Å². The second-order valence-corrected chi connectivity index (χ2v) is 12.8. The maximum absolute atomic E-state index is 14.9. The number of pyridine rings is 1. The van der Waals surface area contributed by atoms with E-state index >= 15 is 0 Å². The number of hydrogen-bond acceptors (Lipinski definition) is 7. The molecule has 48 heavy (non-hydrogen) atoms. The molecule has 2 heterocycles. The number of halogens is 2. The van der Waals surface area contributed by atoms with Gasteiger partial charge in [-0.3, -0.25) is 14.4 Å². The topological polar surface area (TPSA) is 121 Å². The summed E-state index contributed by atoms with van der Waals surface area (Å²) in [5.41, 5.74) is 2.08. The van der Waals surface area contributed by atoms with Crippen LogP contribution in [0.5, 0.6) is 0 Å². The predicted molar refractivity (Wildman–Crippen MR) is 184 cm³/mol. The molecule has 0 spiro atoms. The number of amides is 1. The number of carbonyl (C=O) groups excluding carboxylic acids is 2. The molecule has 2 atom stereocenters. The lowest BCUT2D eigenvalue weighted by atomic mass is 9.98. The minimum atomic E-state index is -0.865. The maximum atomic E-state index is 14.9. The largest absolute Gasteiger partial charge is 0.396 e. The van der Waals surface area contributed by atoms with E-state index in [4.69, 9.17) is 0 Å². The van der Waals surface area contributed by atoms with Gasteiger partial charge in [0.25, 0.3) is 0 Å². The average molecular weight is 674 g/mol. The molecule has 4 N–H and O–H groups in total. The number of hydrogen-bond donors (Lipinski definition) is 4. The number of nitrogens with one attached hydrogen (secondary N) is 2. The van der Waals surface area contributed by atoms with Gasteiger partial charge in [-0.15, -0.1) is 11.3 Å². The fraction of sp³-hybridized carbons (Fsp3) is 0.270. The van der Waals surface area contributed by atoms with Gasteiger partial charge in [0, 0.05) is 34.8 Å². The monoisotopic (exact) mass is 673 g/mol. The van der Waals surface area contributed by atoms with E-state index in [1.54, 1.807) is 31.2 Å². The molecule has 1 amide bonds. The van der Waals surface area contributed by atoms with Crippen molar-refractivity contribution in [1.82, 2.24) is 9.88 Å². The Balaban J connectivity index is 1.65. The zero-order valence-corrected chi connectivity index (χ0v) is 27.4. The van der Waals surface area contributed by atoms with E-state index < -0.39 is 41.3 Å². The summed E-state index contributed by atoms with van der Waals surface area (Å²) in [5, 5.41) is 25.5. The minimum absolute atomic E-state index is 0.174. The van der Waals surface area contributed by atoms with Gasteiger partial charge in [0.1, 0.15) is 16.5 Å². The lowest BCUT2D eigenvalue weighted by Crippen LogP contribution is -2.26. The Bertz CT molecular complexity index is 1960. The SMILES string of the molecule is CC(CO)C(=O)Nc1ccc(-c2sc3c(c2CNCCc2ccccc2)c(=O)c(C(=O)C(C)CO)cn3Cc2c(F)cccc2F)cc1. The second kappa shape index (κ2) is 15.6. The molecule has 0 radical (unpaired) electrons. The van der Waals surface area contributed by atoms with Crippen molar-refractivity contribution in [2.75, 3.05) is 25.1 Å². The molecule has 0 aliphatic heterocycles. The van der Waals surface area contributed by atoms with Gasteiger partial charge in [-0.2, -0.15) is 0 Å². The lowest BCUT2D eigenvalue weighted by Gasteiger charge is -2.14. The highest BCUT2D eigenvalue weighted by Gasteiger charge is 2.26. The number of benzene rings is 3. The number of Topliss-reactive ketones (excluding diaryl/α,β-unsaturated/α-hetero) is 1. The molecule has 250 valence electrons. The van der Waals surface area contributed by atoms with Crippen LogP contribution >= 0.6 is 11.3 Å². The number of aliphatic hydroxyl groups excluding tert-OH is 2. The molecule has 0 bridgehead atoms. The van der Waals surface area contributed by atoms with E-state index in [1.807, 2.05) is 30.3 Å². The van der Waals surface area contributed by atoms with Crippen LogP contribution < -0.4 is 16.1 Å². The summed E-state index contributed by atoms with van der Waals surface area (Å²) in [7, 11) is 0. The Morgan fingerprint density at radius 3 is 2.19 bits per heavy atom. The lowest BCUT2D eigenvalue weighted by molar-refractivity contribution is -0.120. The third kappa shape index (κ3) is 7.60. The third-order valence-corrected chi connectivity index (χ3v) is 9.57. The average Bonchev–Trinajstić information content (AvgIpc) is 3.49. The van der Waals surface area contributed by atoms with Gasteiger partial charge in [-0.25, -0.2) is 8.78 Å². The zero-order chi connectivity index (χ0) is 34.4. The van der Waals surface area contributed by atoms with Crippen LogP contribution in [0, 0.1) is 23.5 Å². The summed E-state index contributed by atoms with van der Waals surface area (Å²) in [6.45, 7) is 2.93. The van der Waals surface area contributed by atoms with Crippen LogP contribution in [0.1, 0.15) is 40.9 Å². The van der Waals surface area contributed by atoms with E-state index in [1.165, 1.54) is 35.1 Å². The summed E-state index contributed by atoms with van der Waals surface area (Å²) < 4.78 is 31.3. The number of anilines is 1. The van der Waals surface area contributed by atoms with Gasteiger partial charge in [0.2, 0.25) is 11.3 Å². The summed E-state index contributed by atoms with van der Waals surface area (Å²) in [6.07, 6.45) is 2.06. The number of carbonyl (C=O) groups is 2. The number of nitrogens with zero attached hydrogens (tertiary/aromatic N) is 1. The first-order chi connectivity index (χ1) is 23.1. The van der Waals surface area contributed by atoms with Crippen LogP contribution in [0.3, 0.4) is 0 Å². The van der Waals surface area contributed by atoms with E-state index in [2.05, 4.69) is 10.6 Å². The summed E-state index contributed by atoms with van der Waals surface area (Å²) in [4.78, 5) is 41.0. The molecular formula is C37H37F2N3O5S. The minimum Gasteiger partial charge on any atom is -0.396 e. The zero-order valence-electron chi connectivity index (χ0n) is 26.6. The normalized spacial score (nSPS) is 12.6. The van der Waals surface area contributed by atoms with Gasteiger partial charge in [0.05, 0.1) is 36.6 Å². The van der Waals surface area contributed by atoms with Crippen molar-refractivity contribution in [3.05, 3.63) is 123 Å². The van der Waals surface area contributed by atoms with Crippen LogP contribution in [0.25, 0.3) is 20.7 Å². The Morgan fingerprint density at radius 2 is 1.54 bits per heavy atom. The predicted octanol–water partition coefficient (Wildman–Crippen LogP) is 5.77. The van der Waals surface area contributed by atoms with Crippen LogP contribution in [0.15, 0.2) is 83.8 Å². The molecule has 0 fully saturated rings. The van der Waals surface area contributed by atoms with Crippen molar-refractivity contribution < 1.29 is 28.6 Å². The quantitative estimate of drug-likeness (QED) is 0.0879. The van der Waals surface area contributed by atoms with Gasteiger partial charge < -0.3 is 25.4 Å². The van der Waals surface area contributed by atoms with Crippen molar-refractivity contribution in [2.24, 2.45) is 11.8 Å². The highest BCUT2D eigenvalue weighted by molar-refractivity contribution is 7.22. The number of thiophene rings is 1. The fourth-order valence-electron chi connectivity index (χ4n) is 5.34. The summed E-state index contributed by atoms with van der Waals surface area (Å²) in [6, 6.07) is 20.5. The molecule has 0 aliphatic carbocycles. The molecule has 5 rings (SSSR count). The molecule has 3 aromatic carbocycles. The molecular weight excluding hydrogens is 636 g/mol. The number of ketones is 1. The Labute approximate surface area is 280 Å². The van der Waals surface area contributed by atoms with Gasteiger partial charge >= 0.3 is 0 Å². The van der Waals surface area contributed by atoms with E-state index in [0.717, 1.165) is 29.7 Å². The molecule has 0 aliphatic rings. The Hall–Kier alpha value is -4.55. The van der Waals surface area contributed by atoms with E-state index in [-0.39, 0.29) is 42.1 Å². The maximum Gasteiger partial charge on any atom is 0.229 e. The summed E-state index contributed by atoms with van der Waals surface area (Å²) >= 11 is 1.26. The van der Waals surface area contributed by atoms with Crippen LogP contribution in [-0.4, -0.2) is 46.2 Å². The molecule has 8 nitrogen and oxygen atoms in total. The molecule has 0 saturated carbocycles. The van der Waals surface area contributed by atoms with Crippen molar-refractivity contribution in [2.45, 2.75) is 33.4 Å². The summed E-state index contributed by atoms with van der Waals surface area (Å²) in [5.74, 6) is -3.87. The van der Waals surface area contributed by atoms with Crippen LogP contribution in [0.2, 0.25) is 0 Å². The molecule has 0 saturated heterocycles. The number of aromatic nitrogens is 1. The van der Waals surface area contributed by atoms with Gasteiger partial charge in [0.15, 0.2) is 5.78 Å². The van der Waals surface area contributed by atoms with Crippen molar-refractivity contribution in [3.63, 3.8) is 0 Å². The van der Waals surface area contributed by atoms with Gasteiger partial charge in [-0.05, 0) is 53.9 Å². The first-order valence-corrected chi connectivity index (χ1v) is 16.5. The Kier molecular flexibility index (Phi) is 11.3. The Morgan fingerprint density at radius 1 is 0.875 bits per heavy atom. The molecule has 5 aromatic rings. The number of aliphatic hydroxyl groups is 2. The van der Waals surface area contributed by atoms with Crippen molar-refractivity contribution in [3.8, 4) is 10.4 Å². The highest BCUT2D eigenvalue weighted by atomic mass is 32.1. The van der Waals surface area contributed by atoms with Crippen molar-refractivity contribution in [1.29, 1.82) is 0 Å². The van der Waals surface area contributed by atoms with Crippen LogP contribution in [-0.2, 0) is 24.3 Å². The first-order valence-electron chi connectivity index (χ1n) is 15.7. The van der Waals surface area contributed by atoms with Gasteiger partial charge in [-0.1, -0.05) is 62.4 Å². The highest BCUT2D eigenvalue weighted by Crippen LogP contribution is 2.39. The van der Waals surface area contributed by atoms with Crippen LogP contribution in [0.4, 0.5) is 14.5 Å². The second-order valence-electron chi connectivity index (χ2n) is 11.8.